The zero-order valence-corrected chi connectivity index (χ0v) is 17.6. The SMILES string of the molecule is COc1c(Cl)cc(Cl)cc1[C@@H]1NC(=O)NC(C)=C1C(=O)O[C@H]1CCC[C@@H](C)C1. The van der Waals surface area contributed by atoms with Gasteiger partial charge in [0.1, 0.15) is 11.9 Å². The summed E-state index contributed by atoms with van der Waals surface area (Å²) >= 11 is 12.4. The Labute approximate surface area is 174 Å². The summed E-state index contributed by atoms with van der Waals surface area (Å²) in [4.78, 5) is 25.2. The van der Waals surface area contributed by atoms with Gasteiger partial charge in [-0.3, -0.25) is 0 Å². The number of hydrogen-bond acceptors (Lipinski definition) is 4. The third kappa shape index (κ3) is 4.39. The van der Waals surface area contributed by atoms with Crippen LogP contribution in [0.4, 0.5) is 4.79 Å². The largest absolute Gasteiger partial charge is 0.495 e. The van der Waals surface area contributed by atoms with E-state index in [1.807, 2.05) is 0 Å². The fourth-order valence-electron chi connectivity index (χ4n) is 3.91. The van der Waals surface area contributed by atoms with Crippen LogP contribution in [0.1, 0.15) is 51.1 Å². The van der Waals surface area contributed by atoms with Crippen molar-refractivity contribution >= 4 is 35.2 Å². The van der Waals surface area contributed by atoms with Gasteiger partial charge in [-0.25, -0.2) is 9.59 Å². The monoisotopic (exact) mass is 426 g/mol. The Morgan fingerprint density at radius 2 is 2.00 bits per heavy atom. The van der Waals surface area contributed by atoms with Gasteiger partial charge in [-0.05, 0) is 44.2 Å². The fourth-order valence-corrected chi connectivity index (χ4v) is 4.49. The maximum absolute atomic E-state index is 13.1. The molecule has 1 aromatic carbocycles. The highest BCUT2D eigenvalue weighted by Crippen LogP contribution is 2.40. The van der Waals surface area contributed by atoms with Crippen molar-refractivity contribution in [3.63, 3.8) is 0 Å². The summed E-state index contributed by atoms with van der Waals surface area (Å²) in [7, 11) is 1.47. The summed E-state index contributed by atoms with van der Waals surface area (Å²) in [6.45, 7) is 3.83. The van der Waals surface area contributed by atoms with Crippen LogP contribution in [-0.2, 0) is 9.53 Å². The minimum atomic E-state index is -0.784. The van der Waals surface area contributed by atoms with Crippen LogP contribution in [0.3, 0.4) is 0 Å². The molecule has 2 amide bonds. The molecule has 0 bridgehead atoms. The Morgan fingerprint density at radius 3 is 2.68 bits per heavy atom. The van der Waals surface area contributed by atoms with Crippen LogP contribution in [0, 0.1) is 5.92 Å². The van der Waals surface area contributed by atoms with E-state index < -0.39 is 18.0 Å². The second-order valence-electron chi connectivity index (χ2n) is 7.38. The van der Waals surface area contributed by atoms with Crippen LogP contribution in [0.5, 0.6) is 5.75 Å². The second kappa shape index (κ2) is 8.62. The zero-order chi connectivity index (χ0) is 20.4. The molecule has 0 aromatic heterocycles. The van der Waals surface area contributed by atoms with Crippen molar-refractivity contribution < 1.29 is 19.1 Å². The van der Waals surface area contributed by atoms with E-state index in [4.69, 9.17) is 32.7 Å². The lowest BCUT2D eigenvalue weighted by molar-refractivity contribution is -0.146. The summed E-state index contributed by atoms with van der Waals surface area (Å²) in [5.74, 6) is 0.406. The predicted molar refractivity (Wildman–Crippen MR) is 108 cm³/mol. The molecule has 8 heteroatoms. The number of urea groups is 1. The number of ether oxygens (including phenoxy) is 2. The van der Waals surface area contributed by atoms with Crippen molar-refractivity contribution in [1.29, 1.82) is 0 Å². The Morgan fingerprint density at radius 1 is 1.25 bits per heavy atom. The standard InChI is InChI=1S/C20H24Cl2N2O4/c1-10-5-4-6-13(7-10)28-19(25)16-11(2)23-20(26)24-17(16)14-8-12(21)9-15(22)18(14)27-3/h8-10,13,17H,4-7H2,1-3H3,(H2,23,24,26)/t10-,13+,17+/m1/s1. The van der Waals surface area contributed by atoms with Gasteiger partial charge in [-0.15, -0.1) is 0 Å². The lowest BCUT2D eigenvalue weighted by Crippen LogP contribution is -2.45. The third-order valence-corrected chi connectivity index (χ3v) is 5.70. The van der Waals surface area contributed by atoms with Crippen molar-refractivity contribution in [2.45, 2.75) is 51.7 Å². The van der Waals surface area contributed by atoms with Crippen molar-refractivity contribution in [1.82, 2.24) is 10.6 Å². The molecule has 1 saturated carbocycles. The third-order valence-electron chi connectivity index (χ3n) is 5.20. The van der Waals surface area contributed by atoms with Crippen molar-refractivity contribution in [2.24, 2.45) is 5.92 Å². The van der Waals surface area contributed by atoms with E-state index in [1.165, 1.54) is 7.11 Å². The first-order chi connectivity index (χ1) is 13.3. The molecule has 1 aliphatic carbocycles. The van der Waals surface area contributed by atoms with Gasteiger partial charge >= 0.3 is 12.0 Å². The van der Waals surface area contributed by atoms with Crippen LogP contribution >= 0.6 is 23.2 Å². The molecular formula is C20H24Cl2N2O4. The molecule has 0 unspecified atom stereocenters. The number of rotatable bonds is 4. The number of allylic oxidation sites excluding steroid dienone is 1. The second-order valence-corrected chi connectivity index (χ2v) is 8.22. The quantitative estimate of drug-likeness (QED) is 0.680. The highest BCUT2D eigenvalue weighted by molar-refractivity contribution is 6.35. The zero-order valence-electron chi connectivity index (χ0n) is 16.1. The lowest BCUT2D eigenvalue weighted by atomic mass is 9.88. The summed E-state index contributed by atoms with van der Waals surface area (Å²) < 4.78 is 11.2. The van der Waals surface area contributed by atoms with Gasteiger partial charge in [0.05, 0.1) is 23.7 Å². The number of hydrogen-bond donors (Lipinski definition) is 2. The maximum atomic E-state index is 13.1. The Bertz CT molecular complexity index is 825. The Hall–Kier alpha value is -1.92. The van der Waals surface area contributed by atoms with Gasteiger partial charge in [-0.1, -0.05) is 36.5 Å². The van der Waals surface area contributed by atoms with E-state index in [0.717, 1.165) is 25.7 Å². The summed E-state index contributed by atoms with van der Waals surface area (Å²) in [5, 5.41) is 6.08. The number of carbonyl (C=O) groups excluding carboxylic acids is 2. The molecule has 1 heterocycles. The van der Waals surface area contributed by atoms with Gasteiger partial charge in [0.25, 0.3) is 0 Å². The molecule has 6 nitrogen and oxygen atoms in total. The van der Waals surface area contributed by atoms with Crippen LogP contribution < -0.4 is 15.4 Å². The van der Waals surface area contributed by atoms with E-state index in [9.17, 15) is 9.59 Å². The number of nitrogens with one attached hydrogen (secondary N) is 2. The molecule has 152 valence electrons. The topological polar surface area (TPSA) is 76.7 Å². The van der Waals surface area contributed by atoms with Crippen LogP contribution in [0.15, 0.2) is 23.4 Å². The summed E-state index contributed by atoms with van der Waals surface area (Å²) in [6, 6.07) is 1.97. The molecule has 0 radical (unpaired) electrons. The van der Waals surface area contributed by atoms with E-state index in [-0.39, 0.29) is 6.10 Å². The fraction of sp³-hybridized carbons (Fsp3) is 0.500. The number of carbonyl (C=O) groups is 2. The first kappa shape index (κ1) is 20.8. The lowest BCUT2D eigenvalue weighted by Gasteiger charge is -2.32. The predicted octanol–water partition coefficient (Wildman–Crippen LogP) is 4.75. The van der Waals surface area contributed by atoms with E-state index in [0.29, 0.717) is 38.5 Å². The molecule has 2 N–H and O–H groups in total. The van der Waals surface area contributed by atoms with Crippen LogP contribution in [0.25, 0.3) is 0 Å². The Kier molecular flexibility index (Phi) is 6.40. The average Bonchev–Trinajstić information content (AvgIpc) is 2.60. The molecule has 1 aliphatic heterocycles. The van der Waals surface area contributed by atoms with E-state index in [2.05, 4.69) is 17.6 Å². The normalized spacial score (nSPS) is 25.0. The van der Waals surface area contributed by atoms with Gasteiger partial charge in [-0.2, -0.15) is 0 Å². The average molecular weight is 427 g/mol. The number of amides is 2. The number of esters is 1. The molecular weight excluding hydrogens is 403 g/mol. The Balaban J connectivity index is 1.96. The number of halogens is 2. The minimum absolute atomic E-state index is 0.125. The smallest absolute Gasteiger partial charge is 0.338 e. The minimum Gasteiger partial charge on any atom is -0.495 e. The molecule has 3 rings (SSSR count). The number of methoxy groups -OCH3 is 1. The van der Waals surface area contributed by atoms with Crippen molar-refractivity contribution in [2.75, 3.05) is 7.11 Å². The highest BCUT2D eigenvalue weighted by Gasteiger charge is 2.36. The van der Waals surface area contributed by atoms with Crippen molar-refractivity contribution in [3.05, 3.63) is 39.0 Å². The van der Waals surface area contributed by atoms with Crippen LogP contribution in [0.2, 0.25) is 10.0 Å². The van der Waals surface area contributed by atoms with Gasteiger partial charge < -0.3 is 20.1 Å². The molecule has 0 spiro atoms. The molecule has 0 saturated heterocycles. The molecule has 2 aliphatic rings. The maximum Gasteiger partial charge on any atom is 0.338 e. The van der Waals surface area contributed by atoms with E-state index >= 15 is 0 Å². The first-order valence-corrected chi connectivity index (χ1v) is 10.1. The summed E-state index contributed by atoms with van der Waals surface area (Å²) in [6.07, 6.45) is 3.75. The van der Waals surface area contributed by atoms with Gasteiger partial charge in [0.2, 0.25) is 0 Å². The molecule has 1 fully saturated rings. The van der Waals surface area contributed by atoms with Gasteiger partial charge in [0, 0.05) is 16.3 Å². The van der Waals surface area contributed by atoms with E-state index in [1.54, 1.807) is 19.1 Å². The number of benzene rings is 1. The molecule has 28 heavy (non-hydrogen) atoms. The molecule has 1 aromatic rings. The molecule has 3 atom stereocenters. The van der Waals surface area contributed by atoms with Crippen molar-refractivity contribution in [3.8, 4) is 5.75 Å². The van der Waals surface area contributed by atoms with Gasteiger partial charge in [0.15, 0.2) is 0 Å². The van der Waals surface area contributed by atoms with Crippen LogP contribution in [-0.4, -0.2) is 25.2 Å². The summed E-state index contributed by atoms with van der Waals surface area (Å²) in [5.41, 5.74) is 1.24. The first-order valence-electron chi connectivity index (χ1n) is 9.32. The highest BCUT2D eigenvalue weighted by atomic mass is 35.5.